The molecule has 1 rings (SSSR count). The van der Waals surface area contributed by atoms with Crippen LogP contribution in [0.5, 0.6) is 0 Å². The van der Waals surface area contributed by atoms with Crippen LogP contribution in [0.25, 0.3) is 0 Å². The Labute approximate surface area is 51.0 Å². The van der Waals surface area contributed by atoms with Gasteiger partial charge in [-0.05, 0) is 18.5 Å². The van der Waals surface area contributed by atoms with Crippen LogP contribution in [0.3, 0.4) is 0 Å². The van der Waals surface area contributed by atoms with Crippen LogP contribution in [0.4, 0.5) is 0 Å². The summed E-state index contributed by atoms with van der Waals surface area (Å²) in [6, 6.07) is 0. The van der Waals surface area contributed by atoms with Gasteiger partial charge in [-0.25, -0.2) is 0 Å². The lowest BCUT2D eigenvalue weighted by atomic mass is 10.1. The second kappa shape index (κ2) is 2.21. The van der Waals surface area contributed by atoms with Crippen LogP contribution in [0, 0.1) is 5.92 Å². The monoisotopic (exact) mass is 111 g/mol. The van der Waals surface area contributed by atoms with E-state index in [0.717, 1.165) is 5.92 Å². The van der Waals surface area contributed by atoms with E-state index < -0.39 is 0 Å². The molecule has 1 heteroatoms. The minimum atomic E-state index is 0.852. The number of hydrogen-bond donors (Lipinski definition) is 0. The zero-order chi connectivity index (χ0) is 5.98. The van der Waals surface area contributed by atoms with Crippen LogP contribution in [0.1, 0.15) is 13.3 Å². The summed E-state index contributed by atoms with van der Waals surface area (Å²) in [5, 5.41) is 0. The minimum absolute atomic E-state index is 0.852. The molecular formula is C7H13N. The van der Waals surface area contributed by atoms with Gasteiger partial charge in [0.2, 0.25) is 0 Å². The maximum atomic E-state index is 2.28. The molecule has 0 aliphatic carbocycles. The fourth-order valence-electron chi connectivity index (χ4n) is 1.10. The minimum Gasteiger partial charge on any atom is -0.380 e. The molecule has 1 aliphatic rings. The van der Waals surface area contributed by atoms with Gasteiger partial charge in [-0.3, -0.25) is 0 Å². The third kappa shape index (κ3) is 1.25. The van der Waals surface area contributed by atoms with Crippen molar-refractivity contribution in [2.75, 3.05) is 13.6 Å². The fraction of sp³-hybridized carbons (Fsp3) is 0.714. The average molecular weight is 111 g/mol. The van der Waals surface area contributed by atoms with E-state index in [2.05, 4.69) is 31.1 Å². The van der Waals surface area contributed by atoms with E-state index in [1.165, 1.54) is 13.0 Å². The van der Waals surface area contributed by atoms with Crippen LogP contribution >= 0.6 is 0 Å². The molecule has 0 aromatic rings. The van der Waals surface area contributed by atoms with Gasteiger partial charge < -0.3 is 4.90 Å². The molecule has 0 saturated heterocycles. The molecule has 1 aliphatic heterocycles. The predicted molar refractivity (Wildman–Crippen MR) is 35.6 cm³/mol. The molecule has 0 bridgehead atoms. The smallest absolute Gasteiger partial charge is 0.0197 e. The molecule has 1 unspecified atom stereocenters. The summed E-state index contributed by atoms with van der Waals surface area (Å²) in [5.41, 5.74) is 0. The van der Waals surface area contributed by atoms with Gasteiger partial charge in [0, 0.05) is 13.6 Å². The Hall–Kier alpha value is -0.460. The summed E-state index contributed by atoms with van der Waals surface area (Å²) >= 11 is 0. The SMILES string of the molecule is CC1CC=CN(C)C1. The molecule has 0 fully saturated rings. The molecule has 0 aromatic carbocycles. The number of hydrogen-bond acceptors (Lipinski definition) is 1. The molecular weight excluding hydrogens is 98.1 g/mol. The van der Waals surface area contributed by atoms with Crippen LogP contribution in [-0.4, -0.2) is 18.5 Å². The lowest BCUT2D eigenvalue weighted by Gasteiger charge is -2.22. The van der Waals surface area contributed by atoms with Crippen LogP contribution in [0.2, 0.25) is 0 Å². The first-order chi connectivity index (χ1) is 3.79. The molecule has 0 radical (unpaired) electrons. The van der Waals surface area contributed by atoms with Gasteiger partial charge in [-0.1, -0.05) is 13.0 Å². The van der Waals surface area contributed by atoms with Crippen LogP contribution < -0.4 is 0 Å². The highest BCUT2D eigenvalue weighted by molar-refractivity contribution is 4.88. The van der Waals surface area contributed by atoms with Gasteiger partial charge in [-0.15, -0.1) is 0 Å². The zero-order valence-corrected chi connectivity index (χ0v) is 5.59. The zero-order valence-electron chi connectivity index (χ0n) is 5.59. The molecule has 0 N–H and O–H groups in total. The topological polar surface area (TPSA) is 3.24 Å². The van der Waals surface area contributed by atoms with Crippen molar-refractivity contribution in [3.63, 3.8) is 0 Å². The predicted octanol–water partition coefficient (Wildman–Crippen LogP) is 1.47. The maximum absolute atomic E-state index is 2.28. The van der Waals surface area contributed by atoms with Crippen molar-refractivity contribution in [3.05, 3.63) is 12.3 Å². The Balaban J connectivity index is 2.42. The number of rotatable bonds is 0. The number of allylic oxidation sites excluding steroid dienone is 1. The average Bonchev–Trinajstić information content (AvgIpc) is 1.64. The highest BCUT2D eigenvalue weighted by Gasteiger charge is 2.04. The normalized spacial score (nSPS) is 28.8. The van der Waals surface area contributed by atoms with Crippen molar-refractivity contribution >= 4 is 0 Å². The molecule has 1 nitrogen and oxygen atoms in total. The molecule has 46 valence electrons. The maximum Gasteiger partial charge on any atom is 0.0197 e. The van der Waals surface area contributed by atoms with E-state index in [4.69, 9.17) is 0 Å². The summed E-state index contributed by atoms with van der Waals surface area (Å²) in [5.74, 6) is 0.852. The largest absolute Gasteiger partial charge is 0.380 e. The molecule has 1 heterocycles. The van der Waals surface area contributed by atoms with Crippen molar-refractivity contribution < 1.29 is 0 Å². The van der Waals surface area contributed by atoms with E-state index in [9.17, 15) is 0 Å². The molecule has 0 spiro atoms. The van der Waals surface area contributed by atoms with Gasteiger partial charge in [0.1, 0.15) is 0 Å². The Morgan fingerprint density at radius 3 is 2.75 bits per heavy atom. The van der Waals surface area contributed by atoms with Crippen molar-refractivity contribution in [1.29, 1.82) is 0 Å². The van der Waals surface area contributed by atoms with E-state index in [1.807, 2.05) is 0 Å². The van der Waals surface area contributed by atoms with Gasteiger partial charge in [0.05, 0.1) is 0 Å². The van der Waals surface area contributed by atoms with E-state index in [0.29, 0.717) is 0 Å². The standard InChI is InChI=1S/C7H13N/c1-7-4-3-5-8(2)6-7/h3,5,7H,4,6H2,1-2H3. The highest BCUT2D eigenvalue weighted by Crippen LogP contribution is 2.09. The van der Waals surface area contributed by atoms with Gasteiger partial charge >= 0.3 is 0 Å². The highest BCUT2D eigenvalue weighted by atomic mass is 15.1. The Morgan fingerprint density at radius 1 is 1.62 bits per heavy atom. The summed E-state index contributed by atoms with van der Waals surface area (Å²) in [6.45, 7) is 3.50. The quantitative estimate of drug-likeness (QED) is 0.457. The van der Waals surface area contributed by atoms with Gasteiger partial charge in [0.15, 0.2) is 0 Å². The molecule has 1 atom stereocenters. The summed E-state index contributed by atoms with van der Waals surface area (Å²) < 4.78 is 0. The Kier molecular flexibility index (Phi) is 1.56. The van der Waals surface area contributed by atoms with E-state index >= 15 is 0 Å². The first-order valence-corrected chi connectivity index (χ1v) is 3.16. The lowest BCUT2D eigenvalue weighted by Crippen LogP contribution is -2.21. The number of nitrogens with zero attached hydrogens (tertiary/aromatic N) is 1. The van der Waals surface area contributed by atoms with Crippen LogP contribution in [-0.2, 0) is 0 Å². The van der Waals surface area contributed by atoms with Crippen molar-refractivity contribution in [3.8, 4) is 0 Å². The third-order valence-electron chi connectivity index (χ3n) is 1.50. The van der Waals surface area contributed by atoms with Gasteiger partial charge in [0.25, 0.3) is 0 Å². The first-order valence-electron chi connectivity index (χ1n) is 3.16. The Bertz CT molecular complexity index is 96.6. The van der Waals surface area contributed by atoms with E-state index in [-0.39, 0.29) is 0 Å². The first kappa shape index (κ1) is 5.67. The molecule has 0 amide bonds. The lowest BCUT2D eigenvalue weighted by molar-refractivity contribution is 0.351. The van der Waals surface area contributed by atoms with Crippen molar-refractivity contribution in [2.45, 2.75) is 13.3 Å². The molecule has 0 aromatic heterocycles. The molecule has 8 heavy (non-hydrogen) atoms. The second-order valence-corrected chi connectivity index (χ2v) is 2.67. The van der Waals surface area contributed by atoms with Crippen LogP contribution in [0.15, 0.2) is 12.3 Å². The van der Waals surface area contributed by atoms with E-state index in [1.54, 1.807) is 0 Å². The van der Waals surface area contributed by atoms with Gasteiger partial charge in [-0.2, -0.15) is 0 Å². The Morgan fingerprint density at radius 2 is 2.38 bits per heavy atom. The fourth-order valence-corrected chi connectivity index (χ4v) is 1.10. The molecule has 0 saturated carbocycles. The third-order valence-corrected chi connectivity index (χ3v) is 1.50. The summed E-state index contributed by atoms with van der Waals surface area (Å²) in [6.07, 6.45) is 5.64. The van der Waals surface area contributed by atoms with Crippen molar-refractivity contribution in [2.24, 2.45) is 5.92 Å². The summed E-state index contributed by atoms with van der Waals surface area (Å²) in [7, 11) is 2.12. The van der Waals surface area contributed by atoms with Crippen molar-refractivity contribution in [1.82, 2.24) is 4.90 Å². The summed E-state index contributed by atoms with van der Waals surface area (Å²) in [4.78, 5) is 2.23. The second-order valence-electron chi connectivity index (χ2n) is 2.67.